The summed E-state index contributed by atoms with van der Waals surface area (Å²) in [6.07, 6.45) is 4.64. The smallest absolute Gasteiger partial charge is 0.310 e. The number of rotatable bonds is 11. The third-order valence-electron chi connectivity index (χ3n) is 7.44. The molecule has 0 aliphatic carbocycles. The molecule has 1 N–H and O–H groups in total. The van der Waals surface area contributed by atoms with Crippen LogP contribution in [0.25, 0.3) is 0 Å². The fraction of sp³-hybridized carbons (Fsp3) is 0.792. The first kappa shape index (κ1) is 26.5. The van der Waals surface area contributed by atoms with Gasteiger partial charge in [-0.3, -0.25) is 14.4 Å². The first-order valence-electron chi connectivity index (χ1n) is 12.1. The molecule has 2 amide bonds. The number of hydrogen-bond donors (Lipinski definition) is 1. The minimum absolute atomic E-state index is 0.00586. The normalized spacial score (nSPS) is 34.2. The van der Waals surface area contributed by atoms with Gasteiger partial charge in [-0.1, -0.05) is 42.3 Å². The van der Waals surface area contributed by atoms with E-state index in [1.54, 1.807) is 29.7 Å². The van der Waals surface area contributed by atoms with Crippen LogP contribution in [0.3, 0.4) is 0 Å². The molecule has 0 aromatic carbocycles. The number of alkyl halides is 1. The number of thioether (sulfide) groups is 1. The van der Waals surface area contributed by atoms with Crippen LogP contribution in [0.4, 0.5) is 0 Å². The van der Waals surface area contributed by atoms with E-state index in [0.29, 0.717) is 19.4 Å². The summed E-state index contributed by atoms with van der Waals surface area (Å²) in [5, 5.41) is 10.0. The number of fused-ring (bicyclic) bond motifs is 1. The predicted octanol–water partition coefficient (Wildman–Crippen LogP) is 2.99. The molecule has 4 unspecified atom stereocenters. The summed E-state index contributed by atoms with van der Waals surface area (Å²) in [5.74, 6) is -1.91. The standard InChI is InChI=1S/C24H37BrN2O5S/c1-6-10-14(5)26(11-7-2)22(30)20-24-12-16(25)19(33-24)17(23(31)32-9-4)18(24)21(29)27(20)15(8-3)13-28/h7,14-20,28H,2,6,8-13H2,1,3-5H3/t14?,15-,16?,17+,18-,19+,20?,24?/m0/s1. The van der Waals surface area contributed by atoms with E-state index in [4.69, 9.17) is 4.74 Å². The van der Waals surface area contributed by atoms with Gasteiger partial charge in [-0.2, -0.15) is 0 Å². The number of carbonyl (C=O) groups excluding carboxylic acids is 3. The molecule has 3 saturated heterocycles. The van der Waals surface area contributed by atoms with Crippen molar-refractivity contribution in [1.29, 1.82) is 0 Å². The molecule has 3 aliphatic heterocycles. The second-order valence-corrected chi connectivity index (χ2v) is 12.0. The molecule has 186 valence electrons. The summed E-state index contributed by atoms with van der Waals surface area (Å²) in [6.45, 7) is 12.0. The number of aliphatic hydroxyl groups excluding tert-OH is 1. The number of aliphatic hydroxyl groups is 1. The number of nitrogens with zero attached hydrogens (tertiary/aromatic N) is 2. The summed E-state index contributed by atoms with van der Waals surface area (Å²) in [5.41, 5.74) is 0. The van der Waals surface area contributed by atoms with Crippen LogP contribution in [0.2, 0.25) is 0 Å². The van der Waals surface area contributed by atoms with Gasteiger partial charge in [-0.15, -0.1) is 18.3 Å². The first-order valence-corrected chi connectivity index (χ1v) is 13.9. The fourth-order valence-corrected chi connectivity index (χ4v) is 9.60. The van der Waals surface area contributed by atoms with Crippen molar-refractivity contribution in [3.05, 3.63) is 12.7 Å². The van der Waals surface area contributed by atoms with Gasteiger partial charge in [0.2, 0.25) is 11.8 Å². The van der Waals surface area contributed by atoms with Gasteiger partial charge in [0.25, 0.3) is 0 Å². The Bertz CT molecular complexity index is 778. The van der Waals surface area contributed by atoms with Gasteiger partial charge in [0.15, 0.2) is 0 Å². The Morgan fingerprint density at radius 2 is 2.12 bits per heavy atom. The highest BCUT2D eigenvalue weighted by Gasteiger charge is 2.76. The van der Waals surface area contributed by atoms with Gasteiger partial charge in [-0.05, 0) is 33.1 Å². The third kappa shape index (κ3) is 4.27. The van der Waals surface area contributed by atoms with Crippen LogP contribution >= 0.6 is 27.7 Å². The molecule has 0 aromatic rings. The molecule has 2 bridgehead atoms. The maximum absolute atomic E-state index is 14.2. The van der Waals surface area contributed by atoms with Crippen LogP contribution < -0.4 is 0 Å². The van der Waals surface area contributed by atoms with Crippen LogP contribution in [0.1, 0.15) is 53.4 Å². The van der Waals surface area contributed by atoms with Crippen molar-refractivity contribution in [3.8, 4) is 0 Å². The van der Waals surface area contributed by atoms with Crippen LogP contribution in [0, 0.1) is 11.8 Å². The number of ether oxygens (including phenoxy) is 1. The Morgan fingerprint density at radius 1 is 1.42 bits per heavy atom. The van der Waals surface area contributed by atoms with E-state index in [1.807, 2.05) is 18.7 Å². The molecule has 3 heterocycles. The van der Waals surface area contributed by atoms with Crippen molar-refractivity contribution in [2.24, 2.45) is 11.8 Å². The van der Waals surface area contributed by atoms with Crippen LogP contribution in [0.15, 0.2) is 12.7 Å². The lowest BCUT2D eigenvalue weighted by atomic mass is 9.71. The Morgan fingerprint density at radius 3 is 2.67 bits per heavy atom. The second-order valence-electron chi connectivity index (χ2n) is 9.32. The molecule has 7 nitrogen and oxygen atoms in total. The molecular formula is C24H37BrN2O5S. The minimum atomic E-state index is -0.735. The molecule has 0 radical (unpaired) electrons. The molecule has 9 heteroatoms. The number of carbonyl (C=O) groups is 3. The van der Waals surface area contributed by atoms with Gasteiger partial charge in [-0.25, -0.2) is 0 Å². The molecule has 3 rings (SSSR count). The monoisotopic (exact) mass is 544 g/mol. The summed E-state index contributed by atoms with van der Waals surface area (Å²) in [4.78, 5) is 44.6. The van der Waals surface area contributed by atoms with Crippen molar-refractivity contribution in [1.82, 2.24) is 9.80 Å². The Balaban J connectivity index is 2.11. The van der Waals surface area contributed by atoms with Gasteiger partial charge in [0.1, 0.15) is 6.04 Å². The molecule has 33 heavy (non-hydrogen) atoms. The number of halogens is 1. The van der Waals surface area contributed by atoms with Gasteiger partial charge < -0.3 is 19.6 Å². The molecular weight excluding hydrogens is 508 g/mol. The average Bonchev–Trinajstić information content (AvgIpc) is 3.37. The third-order valence-corrected chi connectivity index (χ3v) is 10.7. The Hall–Kier alpha value is -1.06. The summed E-state index contributed by atoms with van der Waals surface area (Å²) >= 11 is 5.34. The fourth-order valence-electron chi connectivity index (χ4n) is 6.02. The molecule has 0 saturated carbocycles. The second kappa shape index (κ2) is 10.7. The van der Waals surface area contributed by atoms with Gasteiger partial charge >= 0.3 is 5.97 Å². The van der Waals surface area contributed by atoms with Crippen molar-refractivity contribution >= 4 is 45.5 Å². The number of likely N-dealkylation sites (tertiary alicyclic amines) is 1. The highest BCUT2D eigenvalue weighted by molar-refractivity contribution is 9.09. The quantitative estimate of drug-likeness (QED) is 0.244. The molecule has 8 atom stereocenters. The van der Waals surface area contributed by atoms with Gasteiger partial charge in [0, 0.05) is 22.7 Å². The highest BCUT2D eigenvalue weighted by atomic mass is 79.9. The predicted molar refractivity (Wildman–Crippen MR) is 133 cm³/mol. The molecule has 3 fully saturated rings. The largest absolute Gasteiger partial charge is 0.466 e. The molecule has 1 spiro atoms. The van der Waals surface area contributed by atoms with Crippen molar-refractivity contribution in [2.45, 2.75) is 86.3 Å². The maximum Gasteiger partial charge on any atom is 0.310 e. The van der Waals surface area contributed by atoms with E-state index in [0.717, 1.165) is 12.8 Å². The van der Waals surface area contributed by atoms with Crippen molar-refractivity contribution in [3.63, 3.8) is 0 Å². The molecule has 0 aromatic heterocycles. The van der Waals surface area contributed by atoms with Crippen LogP contribution in [0.5, 0.6) is 0 Å². The maximum atomic E-state index is 14.2. The molecule has 3 aliphatic rings. The average molecular weight is 546 g/mol. The summed E-state index contributed by atoms with van der Waals surface area (Å²) in [7, 11) is 0. The Labute approximate surface area is 209 Å². The van der Waals surface area contributed by atoms with E-state index in [2.05, 4.69) is 29.4 Å². The number of hydrogen-bond acceptors (Lipinski definition) is 6. The summed E-state index contributed by atoms with van der Waals surface area (Å²) < 4.78 is 4.65. The minimum Gasteiger partial charge on any atom is -0.466 e. The summed E-state index contributed by atoms with van der Waals surface area (Å²) in [6, 6.07) is -1.22. The SMILES string of the molecule is C=CCN(C(=O)C1N([C@@H](CC)CO)C(=O)[C@@H]2[C@@H](C(=O)OCC)[C@@H]3SC12CC3Br)C(C)CCC. The Kier molecular flexibility index (Phi) is 8.60. The first-order chi connectivity index (χ1) is 15.7. The van der Waals surface area contributed by atoms with Crippen LogP contribution in [-0.2, 0) is 19.1 Å². The van der Waals surface area contributed by atoms with E-state index in [1.165, 1.54) is 0 Å². The lowest BCUT2D eigenvalue weighted by Gasteiger charge is -2.41. The van der Waals surface area contributed by atoms with E-state index in [-0.39, 0.29) is 47.1 Å². The zero-order chi connectivity index (χ0) is 24.5. The lowest BCUT2D eigenvalue weighted by molar-refractivity contribution is -0.154. The zero-order valence-corrected chi connectivity index (χ0v) is 22.4. The number of esters is 1. The number of amides is 2. The van der Waals surface area contributed by atoms with Crippen molar-refractivity contribution < 1.29 is 24.2 Å². The van der Waals surface area contributed by atoms with E-state index in [9.17, 15) is 19.5 Å². The van der Waals surface area contributed by atoms with E-state index >= 15 is 0 Å². The highest BCUT2D eigenvalue weighted by Crippen LogP contribution is 2.68. The lowest BCUT2D eigenvalue weighted by Crippen LogP contribution is -2.59. The van der Waals surface area contributed by atoms with Gasteiger partial charge in [0.05, 0.1) is 35.8 Å². The van der Waals surface area contributed by atoms with E-state index < -0.39 is 28.7 Å². The zero-order valence-electron chi connectivity index (χ0n) is 20.0. The van der Waals surface area contributed by atoms with Crippen molar-refractivity contribution in [2.75, 3.05) is 19.8 Å². The topological polar surface area (TPSA) is 87.2 Å². The van der Waals surface area contributed by atoms with Crippen LogP contribution in [-0.4, -0.2) is 85.4 Å².